The van der Waals surface area contributed by atoms with Crippen LogP contribution in [-0.2, 0) is 4.79 Å². The standard InChI is InChI=1S/C17H16BrN3O2S/c1-11(2)15(20-16(22)12-6-4-3-5-7-12)17(23)21-19-9-14-8-13(18)10-24-14/h3-10H,1-2H3,(H,20,22)(H,21,23)/b19-9-. The molecule has 0 aliphatic heterocycles. The Labute approximate surface area is 152 Å². The summed E-state index contributed by atoms with van der Waals surface area (Å²) in [6.45, 7) is 3.50. The van der Waals surface area contributed by atoms with Crippen molar-refractivity contribution in [3.8, 4) is 0 Å². The Morgan fingerprint density at radius 3 is 2.50 bits per heavy atom. The summed E-state index contributed by atoms with van der Waals surface area (Å²) in [5.74, 6) is -0.806. The minimum atomic E-state index is -0.467. The van der Waals surface area contributed by atoms with Gasteiger partial charge >= 0.3 is 0 Å². The molecule has 0 unspecified atom stereocenters. The lowest BCUT2D eigenvalue weighted by molar-refractivity contribution is -0.117. The van der Waals surface area contributed by atoms with Crippen LogP contribution in [0.25, 0.3) is 0 Å². The number of rotatable bonds is 5. The predicted octanol–water partition coefficient (Wildman–Crippen LogP) is 3.68. The van der Waals surface area contributed by atoms with Gasteiger partial charge in [-0.25, -0.2) is 5.43 Å². The number of thiophene rings is 1. The average molecular weight is 406 g/mol. The van der Waals surface area contributed by atoms with Crippen LogP contribution in [0.1, 0.15) is 29.1 Å². The lowest BCUT2D eigenvalue weighted by atomic mass is 10.2. The Balaban J connectivity index is 2.02. The van der Waals surface area contributed by atoms with E-state index < -0.39 is 5.91 Å². The third kappa shape index (κ3) is 5.14. The van der Waals surface area contributed by atoms with Crippen LogP contribution in [0.5, 0.6) is 0 Å². The van der Waals surface area contributed by atoms with Crippen LogP contribution >= 0.6 is 27.3 Å². The molecule has 24 heavy (non-hydrogen) atoms. The summed E-state index contributed by atoms with van der Waals surface area (Å²) >= 11 is 4.85. The molecule has 5 nitrogen and oxygen atoms in total. The van der Waals surface area contributed by atoms with Crippen molar-refractivity contribution in [1.29, 1.82) is 0 Å². The number of halogens is 1. The van der Waals surface area contributed by atoms with E-state index in [1.807, 2.05) is 17.5 Å². The number of allylic oxidation sites excluding steroid dienone is 1. The van der Waals surface area contributed by atoms with E-state index >= 15 is 0 Å². The minimum absolute atomic E-state index is 0.188. The van der Waals surface area contributed by atoms with Crippen LogP contribution in [0.2, 0.25) is 0 Å². The van der Waals surface area contributed by atoms with Crippen LogP contribution in [0.15, 0.2) is 62.6 Å². The van der Waals surface area contributed by atoms with E-state index in [4.69, 9.17) is 0 Å². The second-order valence-electron chi connectivity index (χ2n) is 5.06. The van der Waals surface area contributed by atoms with Gasteiger partial charge in [-0.3, -0.25) is 9.59 Å². The quantitative estimate of drug-likeness (QED) is 0.452. The molecule has 0 aliphatic carbocycles. The molecule has 0 radical (unpaired) electrons. The molecular weight excluding hydrogens is 390 g/mol. The number of hydrogen-bond donors (Lipinski definition) is 2. The van der Waals surface area contributed by atoms with E-state index in [0.29, 0.717) is 11.1 Å². The molecule has 2 amide bonds. The Morgan fingerprint density at radius 1 is 1.21 bits per heavy atom. The zero-order chi connectivity index (χ0) is 17.5. The van der Waals surface area contributed by atoms with Crippen molar-refractivity contribution in [2.24, 2.45) is 5.10 Å². The van der Waals surface area contributed by atoms with E-state index in [2.05, 4.69) is 31.8 Å². The molecule has 7 heteroatoms. The van der Waals surface area contributed by atoms with Gasteiger partial charge in [0.1, 0.15) is 5.70 Å². The third-order valence-electron chi connectivity index (χ3n) is 2.95. The van der Waals surface area contributed by atoms with Gasteiger partial charge in [-0.1, -0.05) is 18.2 Å². The van der Waals surface area contributed by atoms with E-state index in [1.54, 1.807) is 44.3 Å². The molecule has 1 heterocycles. The van der Waals surface area contributed by atoms with E-state index in [0.717, 1.165) is 9.35 Å². The van der Waals surface area contributed by atoms with Gasteiger partial charge in [0.25, 0.3) is 11.8 Å². The molecule has 0 atom stereocenters. The molecule has 1 aromatic carbocycles. The number of hydrazone groups is 1. The van der Waals surface area contributed by atoms with Crippen molar-refractivity contribution in [3.05, 3.63) is 68.0 Å². The summed E-state index contributed by atoms with van der Waals surface area (Å²) < 4.78 is 0.959. The Hall–Kier alpha value is -2.25. The highest BCUT2D eigenvalue weighted by Crippen LogP contribution is 2.17. The van der Waals surface area contributed by atoms with E-state index in [-0.39, 0.29) is 11.6 Å². The van der Waals surface area contributed by atoms with Crippen molar-refractivity contribution in [2.75, 3.05) is 0 Å². The largest absolute Gasteiger partial charge is 0.317 e. The average Bonchev–Trinajstić information content (AvgIpc) is 2.98. The zero-order valence-corrected chi connectivity index (χ0v) is 15.6. The second-order valence-corrected chi connectivity index (χ2v) is 6.92. The molecule has 1 aromatic heterocycles. The number of benzene rings is 1. The maximum atomic E-state index is 12.2. The van der Waals surface area contributed by atoms with Crippen molar-refractivity contribution in [1.82, 2.24) is 10.7 Å². The van der Waals surface area contributed by atoms with Crippen molar-refractivity contribution >= 4 is 45.3 Å². The van der Waals surface area contributed by atoms with E-state index in [1.165, 1.54) is 11.3 Å². The van der Waals surface area contributed by atoms with Gasteiger partial charge in [0.05, 0.1) is 6.21 Å². The van der Waals surface area contributed by atoms with Gasteiger partial charge in [-0.15, -0.1) is 11.3 Å². The second kappa shape index (κ2) is 8.56. The number of carbonyl (C=O) groups excluding carboxylic acids is 2. The highest BCUT2D eigenvalue weighted by atomic mass is 79.9. The first-order chi connectivity index (χ1) is 11.5. The van der Waals surface area contributed by atoms with Crippen molar-refractivity contribution in [2.45, 2.75) is 13.8 Å². The van der Waals surface area contributed by atoms with Gasteiger partial charge in [0.15, 0.2) is 0 Å². The van der Waals surface area contributed by atoms with Crippen molar-refractivity contribution in [3.63, 3.8) is 0 Å². The molecular formula is C17H16BrN3O2S. The zero-order valence-electron chi connectivity index (χ0n) is 13.2. The van der Waals surface area contributed by atoms with Gasteiger partial charge in [-0.2, -0.15) is 5.10 Å². The molecule has 0 saturated heterocycles. The molecule has 2 N–H and O–H groups in total. The molecule has 0 spiro atoms. The summed E-state index contributed by atoms with van der Waals surface area (Å²) in [4.78, 5) is 25.3. The first-order valence-electron chi connectivity index (χ1n) is 7.08. The molecule has 0 aliphatic rings. The number of carbonyl (C=O) groups is 2. The Kier molecular flexibility index (Phi) is 6.45. The molecule has 0 bridgehead atoms. The highest BCUT2D eigenvalue weighted by molar-refractivity contribution is 9.10. The predicted molar refractivity (Wildman–Crippen MR) is 100 cm³/mol. The molecule has 2 rings (SSSR count). The van der Waals surface area contributed by atoms with E-state index in [9.17, 15) is 9.59 Å². The van der Waals surface area contributed by atoms with Crippen LogP contribution in [0, 0.1) is 0 Å². The smallest absolute Gasteiger partial charge is 0.287 e. The summed E-state index contributed by atoms with van der Waals surface area (Å²) in [5, 5.41) is 8.47. The lowest BCUT2D eigenvalue weighted by Crippen LogP contribution is -2.33. The summed E-state index contributed by atoms with van der Waals surface area (Å²) in [6, 6.07) is 10.6. The normalized spacial score (nSPS) is 10.5. The van der Waals surface area contributed by atoms with Crippen molar-refractivity contribution < 1.29 is 9.59 Å². The maximum absolute atomic E-state index is 12.2. The number of nitrogens with one attached hydrogen (secondary N) is 2. The highest BCUT2D eigenvalue weighted by Gasteiger charge is 2.15. The molecule has 0 saturated carbocycles. The summed E-state index contributed by atoms with van der Waals surface area (Å²) in [5.41, 5.74) is 3.78. The minimum Gasteiger partial charge on any atom is -0.317 e. The van der Waals surface area contributed by atoms with Crippen LogP contribution in [0.3, 0.4) is 0 Å². The number of hydrogen-bond acceptors (Lipinski definition) is 4. The lowest BCUT2D eigenvalue weighted by Gasteiger charge is -2.10. The maximum Gasteiger partial charge on any atom is 0.287 e. The number of amides is 2. The third-order valence-corrected chi connectivity index (χ3v) is 4.58. The molecule has 2 aromatic rings. The van der Waals surface area contributed by atoms with Gasteiger partial charge in [0, 0.05) is 20.3 Å². The monoisotopic (exact) mass is 405 g/mol. The Morgan fingerprint density at radius 2 is 1.92 bits per heavy atom. The number of nitrogens with zero attached hydrogens (tertiary/aromatic N) is 1. The Bertz CT molecular complexity index is 793. The fourth-order valence-corrected chi connectivity index (χ4v) is 3.09. The molecule has 124 valence electrons. The van der Waals surface area contributed by atoms with Crippen LogP contribution in [-0.4, -0.2) is 18.0 Å². The molecule has 0 fully saturated rings. The van der Waals surface area contributed by atoms with Gasteiger partial charge < -0.3 is 5.32 Å². The first kappa shape index (κ1) is 18.1. The van der Waals surface area contributed by atoms with Crippen LogP contribution in [0.4, 0.5) is 0 Å². The van der Waals surface area contributed by atoms with Gasteiger partial charge in [0.2, 0.25) is 0 Å². The fourth-order valence-electron chi connectivity index (χ4n) is 1.79. The fraction of sp³-hybridized carbons (Fsp3) is 0.118. The summed E-state index contributed by atoms with van der Waals surface area (Å²) in [6.07, 6.45) is 1.55. The first-order valence-corrected chi connectivity index (χ1v) is 8.76. The topological polar surface area (TPSA) is 70.6 Å². The van der Waals surface area contributed by atoms with Gasteiger partial charge in [-0.05, 0) is 53.5 Å². The van der Waals surface area contributed by atoms with Crippen LogP contribution < -0.4 is 10.7 Å². The SMILES string of the molecule is CC(C)=C(NC(=O)c1ccccc1)C(=O)N/N=C\c1cc(Br)cs1. The summed E-state index contributed by atoms with van der Waals surface area (Å²) in [7, 11) is 0.